The molecule has 2 heterocycles. The van der Waals surface area contributed by atoms with Crippen LogP contribution >= 0.6 is 0 Å². The predicted octanol–water partition coefficient (Wildman–Crippen LogP) is 2.49. The molecular weight excluding hydrogens is 242 g/mol. The number of pyridine rings is 1. The molecule has 0 fully saturated rings. The quantitative estimate of drug-likeness (QED) is 0.919. The van der Waals surface area contributed by atoms with Crippen LogP contribution in [0.3, 0.4) is 0 Å². The van der Waals surface area contributed by atoms with E-state index in [9.17, 15) is 4.79 Å². The highest BCUT2D eigenvalue weighted by molar-refractivity contribution is 5.92. The molecule has 100 valence electrons. The number of rotatable bonds is 3. The molecule has 2 rings (SSSR count). The lowest BCUT2D eigenvalue weighted by molar-refractivity contribution is 0.0909. The minimum absolute atomic E-state index is 0.183. The molecule has 2 aromatic heterocycles. The van der Waals surface area contributed by atoms with Crippen LogP contribution < -0.4 is 5.32 Å². The third kappa shape index (κ3) is 2.99. The van der Waals surface area contributed by atoms with Gasteiger partial charge in [0.2, 0.25) is 5.76 Å². The summed E-state index contributed by atoms with van der Waals surface area (Å²) in [5, 5.41) is 2.86. The van der Waals surface area contributed by atoms with E-state index in [0.717, 1.165) is 11.4 Å². The second kappa shape index (κ2) is 5.22. The summed E-state index contributed by atoms with van der Waals surface area (Å²) in [4.78, 5) is 20.5. The largest absolute Gasteiger partial charge is 0.436 e. The van der Waals surface area contributed by atoms with Crippen molar-refractivity contribution >= 4 is 5.91 Å². The molecule has 0 spiro atoms. The maximum Gasteiger partial charge on any atom is 0.289 e. The molecule has 0 aliphatic heterocycles. The van der Waals surface area contributed by atoms with Crippen LogP contribution in [0.5, 0.6) is 0 Å². The number of aromatic nitrogens is 2. The zero-order valence-corrected chi connectivity index (χ0v) is 11.5. The van der Waals surface area contributed by atoms with Gasteiger partial charge in [-0.1, -0.05) is 6.07 Å². The van der Waals surface area contributed by atoms with Crippen molar-refractivity contribution < 1.29 is 9.21 Å². The smallest absolute Gasteiger partial charge is 0.289 e. The highest BCUT2D eigenvalue weighted by Gasteiger charge is 2.18. The second-order valence-corrected chi connectivity index (χ2v) is 4.55. The fraction of sp³-hybridized carbons (Fsp3) is 0.357. The Hall–Kier alpha value is -2.17. The fourth-order valence-electron chi connectivity index (χ4n) is 1.88. The molecule has 19 heavy (non-hydrogen) atoms. The van der Waals surface area contributed by atoms with E-state index in [-0.39, 0.29) is 17.7 Å². The molecule has 0 aromatic carbocycles. The summed E-state index contributed by atoms with van der Waals surface area (Å²) in [6.45, 7) is 7.27. The highest BCUT2D eigenvalue weighted by Crippen LogP contribution is 2.13. The number of nitrogens with one attached hydrogen (secondary N) is 1. The lowest BCUT2D eigenvalue weighted by Crippen LogP contribution is -2.27. The van der Waals surface area contributed by atoms with E-state index in [1.165, 1.54) is 0 Å². The molecular formula is C14H17N3O2. The van der Waals surface area contributed by atoms with Crippen molar-refractivity contribution in [2.45, 2.75) is 33.7 Å². The van der Waals surface area contributed by atoms with Gasteiger partial charge in [-0.15, -0.1) is 0 Å². The first-order valence-corrected chi connectivity index (χ1v) is 6.16. The van der Waals surface area contributed by atoms with Crippen LogP contribution in [0.4, 0.5) is 0 Å². The van der Waals surface area contributed by atoms with Gasteiger partial charge < -0.3 is 9.73 Å². The summed E-state index contributed by atoms with van der Waals surface area (Å²) < 4.78 is 5.29. The number of hydrogen-bond donors (Lipinski definition) is 1. The SMILES string of the molecule is Cc1cccc(C(C)NC(=O)c2oc(C)nc2C)n1. The standard InChI is InChI=1S/C14H17N3O2/c1-8-6-5-7-12(15-8)9(2)17-14(18)13-10(3)16-11(4)19-13/h5-7,9H,1-4H3,(H,17,18). The summed E-state index contributed by atoms with van der Waals surface area (Å²) in [6, 6.07) is 5.54. The normalized spacial score (nSPS) is 12.2. The summed E-state index contributed by atoms with van der Waals surface area (Å²) in [5.74, 6) is 0.481. The molecule has 1 N–H and O–H groups in total. The number of nitrogens with zero attached hydrogens (tertiary/aromatic N) is 2. The Labute approximate surface area is 112 Å². The Kier molecular flexibility index (Phi) is 3.64. The van der Waals surface area contributed by atoms with Gasteiger partial charge in [0, 0.05) is 12.6 Å². The minimum Gasteiger partial charge on any atom is -0.436 e. The molecule has 5 nitrogen and oxygen atoms in total. The second-order valence-electron chi connectivity index (χ2n) is 4.55. The molecule has 0 saturated heterocycles. The van der Waals surface area contributed by atoms with E-state index in [0.29, 0.717) is 11.6 Å². The maximum absolute atomic E-state index is 12.1. The average molecular weight is 259 g/mol. The lowest BCUT2D eigenvalue weighted by atomic mass is 10.2. The summed E-state index contributed by atoms with van der Waals surface area (Å²) in [5.41, 5.74) is 2.34. The van der Waals surface area contributed by atoms with E-state index in [2.05, 4.69) is 15.3 Å². The van der Waals surface area contributed by atoms with Crippen LogP contribution in [-0.2, 0) is 0 Å². The molecule has 1 amide bonds. The third-order valence-electron chi connectivity index (χ3n) is 2.81. The number of oxazole rings is 1. The molecule has 0 aliphatic rings. The highest BCUT2D eigenvalue weighted by atomic mass is 16.4. The van der Waals surface area contributed by atoms with Crippen molar-refractivity contribution in [2.24, 2.45) is 0 Å². The monoisotopic (exact) mass is 259 g/mol. The average Bonchev–Trinajstić information content (AvgIpc) is 2.68. The van der Waals surface area contributed by atoms with E-state index in [1.54, 1.807) is 13.8 Å². The minimum atomic E-state index is -0.270. The summed E-state index contributed by atoms with van der Waals surface area (Å²) in [7, 11) is 0. The van der Waals surface area contributed by atoms with Crippen LogP contribution in [0.1, 0.15) is 46.5 Å². The molecule has 1 atom stereocenters. The van der Waals surface area contributed by atoms with Crippen LogP contribution in [0.2, 0.25) is 0 Å². The van der Waals surface area contributed by atoms with Crippen LogP contribution in [0.25, 0.3) is 0 Å². The van der Waals surface area contributed by atoms with Gasteiger partial charge in [0.1, 0.15) is 0 Å². The van der Waals surface area contributed by atoms with Crippen LogP contribution in [0.15, 0.2) is 22.6 Å². The number of carbonyl (C=O) groups is 1. The van der Waals surface area contributed by atoms with Crippen molar-refractivity contribution in [2.75, 3.05) is 0 Å². The number of aryl methyl sites for hydroxylation is 3. The van der Waals surface area contributed by atoms with Crippen molar-refractivity contribution in [1.82, 2.24) is 15.3 Å². The number of carbonyl (C=O) groups excluding carboxylic acids is 1. The molecule has 0 bridgehead atoms. The lowest BCUT2D eigenvalue weighted by Gasteiger charge is -2.12. The Morgan fingerprint density at radius 2 is 2.00 bits per heavy atom. The fourth-order valence-corrected chi connectivity index (χ4v) is 1.88. The topological polar surface area (TPSA) is 68.0 Å². The van der Waals surface area contributed by atoms with Crippen molar-refractivity contribution in [3.8, 4) is 0 Å². The van der Waals surface area contributed by atoms with E-state index in [4.69, 9.17) is 4.42 Å². The zero-order chi connectivity index (χ0) is 14.0. The molecule has 1 unspecified atom stereocenters. The van der Waals surface area contributed by atoms with Crippen molar-refractivity contribution in [1.29, 1.82) is 0 Å². The zero-order valence-electron chi connectivity index (χ0n) is 11.5. The first-order chi connectivity index (χ1) is 8.97. The van der Waals surface area contributed by atoms with E-state index in [1.807, 2.05) is 32.0 Å². The predicted molar refractivity (Wildman–Crippen MR) is 70.8 cm³/mol. The summed E-state index contributed by atoms with van der Waals surface area (Å²) in [6.07, 6.45) is 0. The van der Waals surface area contributed by atoms with Gasteiger partial charge in [0.25, 0.3) is 5.91 Å². The Balaban J connectivity index is 2.13. The van der Waals surface area contributed by atoms with E-state index < -0.39 is 0 Å². The van der Waals surface area contributed by atoms with Gasteiger partial charge in [-0.05, 0) is 32.9 Å². The molecule has 0 radical (unpaired) electrons. The molecule has 2 aromatic rings. The Morgan fingerprint density at radius 3 is 2.58 bits per heavy atom. The maximum atomic E-state index is 12.1. The summed E-state index contributed by atoms with van der Waals surface area (Å²) >= 11 is 0. The first-order valence-electron chi connectivity index (χ1n) is 6.16. The number of amides is 1. The van der Waals surface area contributed by atoms with Gasteiger partial charge in [-0.25, -0.2) is 4.98 Å². The molecule has 0 aliphatic carbocycles. The van der Waals surface area contributed by atoms with Crippen LogP contribution in [0, 0.1) is 20.8 Å². The van der Waals surface area contributed by atoms with Gasteiger partial charge in [0.05, 0.1) is 17.4 Å². The van der Waals surface area contributed by atoms with Crippen molar-refractivity contribution in [3.63, 3.8) is 0 Å². The Bertz CT molecular complexity index is 604. The molecule has 5 heteroatoms. The third-order valence-corrected chi connectivity index (χ3v) is 2.81. The molecule has 0 saturated carbocycles. The number of hydrogen-bond acceptors (Lipinski definition) is 4. The van der Waals surface area contributed by atoms with Gasteiger partial charge in [0.15, 0.2) is 5.89 Å². The van der Waals surface area contributed by atoms with Gasteiger partial charge in [-0.2, -0.15) is 0 Å². The Morgan fingerprint density at radius 1 is 1.26 bits per heavy atom. The van der Waals surface area contributed by atoms with Gasteiger partial charge in [-0.3, -0.25) is 9.78 Å². The van der Waals surface area contributed by atoms with Crippen LogP contribution in [-0.4, -0.2) is 15.9 Å². The van der Waals surface area contributed by atoms with Crippen molar-refractivity contribution in [3.05, 3.63) is 46.9 Å². The van der Waals surface area contributed by atoms with Gasteiger partial charge >= 0.3 is 0 Å². The first kappa shape index (κ1) is 13.3. The van der Waals surface area contributed by atoms with E-state index >= 15 is 0 Å².